The molecule has 2 heterocycles. The van der Waals surface area contributed by atoms with Gasteiger partial charge in [0.2, 0.25) is 5.95 Å². The summed E-state index contributed by atoms with van der Waals surface area (Å²) in [5.41, 5.74) is 7.68. The van der Waals surface area contributed by atoms with Gasteiger partial charge in [-0.2, -0.15) is 9.97 Å². The molecule has 0 radical (unpaired) electrons. The summed E-state index contributed by atoms with van der Waals surface area (Å²) < 4.78 is 2.01. The summed E-state index contributed by atoms with van der Waals surface area (Å²) in [6.07, 6.45) is 9.10. The van der Waals surface area contributed by atoms with Crippen LogP contribution in [0.25, 0.3) is 11.2 Å². The van der Waals surface area contributed by atoms with Crippen molar-refractivity contribution in [2.45, 2.75) is 31.3 Å². The molecule has 2 aliphatic carbocycles. The van der Waals surface area contributed by atoms with E-state index >= 15 is 0 Å². The number of aliphatic hydroxyl groups excluding tert-OH is 1. The van der Waals surface area contributed by atoms with Crippen molar-refractivity contribution in [2.75, 3.05) is 17.7 Å². The smallest absolute Gasteiger partial charge is 0.335 e. The van der Waals surface area contributed by atoms with Crippen molar-refractivity contribution in [3.8, 4) is 0 Å². The zero-order chi connectivity index (χ0) is 21.1. The Balaban J connectivity index is 0.000000204. The molecule has 0 aliphatic heterocycles. The van der Waals surface area contributed by atoms with E-state index in [4.69, 9.17) is 10.8 Å². The maximum atomic E-state index is 10.2. The molecule has 0 bridgehead atoms. The molecule has 1 saturated carbocycles. The number of aromatic carboxylic acids is 1. The maximum Gasteiger partial charge on any atom is 0.335 e. The molecule has 1 fully saturated rings. The van der Waals surface area contributed by atoms with Crippen LogP contribution in [0.15, 0.2) is 48.8 Å². The van der Waals surface area contributed by atoms with Crippen LogP contribution < -0.4 is 11.1 Å². The van der Waals surface area contributed by atoms with E-state index < -0.39 is 5.97 Å². The quantitative estimate of drug-likeness (QED) is 0.472. The van der Waals surface area contributed by atoms with Crippen LogP contribution in [0.2, 0.25) is 0 Å². The number of rotatable bonds is 5. The zero-order valence-electron chi connectivity index (χ0n) is 16.3. The van der Waals surface area contributed by atoms with Crippen molar-refractivity contribution in [2.24, 2.45) is 5.92 Å². The lowest BCUT2D eigenvalue weighted by Gasteiger charge is -2.13. The minimum absolute atomic E-state index is 0.162. The number of aliphatic hydroxyl groups is 1. The lowest BCUT2D eigenvalue weighted by Crippen LogP contribution is -2.10. The molecule has 5 N–H and O–H groups in total. The number of nitrogens with zero attached hydrogens (tertiary/aromatic N) is 4. The number of nitrogen functional groups attached to an aromatic ring is 1. The van der Waals surface area contributed by atoms with Crippen molar-refractivity contribution in [3.05, 3.63) is 54.4 Å². The van der Waals surface area contributed by atoms with Crippen molar-refractivity contribution < 1.29 is 15.0 Å². The standard InChI is InChI=1S/C14H18N6O.C7H6O2/c15-14-18-12(17-9-2-3-9)11-13(19-14)20(7-16-11)10-4-1-8(5-10)6-21;8-7(9)6-4-2-1-3-5-6/h1,4,7-10,21H,2-3,5-6H2,(H3,15,17,18,19);1-5H,(H,8,9)/t8-,10+;/m1./s1. The van der Waals surface area contributed by atoms with Gasteiger partial charge in [-0.1, -0.05) is 30.4 Å². The van der Waals surface area contributed by atoms with Gasteiger partial charge in [-0.05, 0) is 31.4 Å². The molecule has 9 heteroatoms. The van der Waals surface area contributed by atoms with Crippen LogP contribution >= 0.6 is 0 Å². The third-order valence-electron chi connectivity index (χ3n) is 5.12. The molecule has 2 atom stereocenters. The largest absolute Gasteiger partial charge is 0.478 e. The highest BCUT2D eigenvalue weighted by Gasteiger charge is 2.26. The number of aromatic nitrogens is 4. The summed E-state index contributed by atoms with van der Waals surface area (Å²) >= 11 is 0. The fourth-order valence-corrected chi connectivity index (χ4v) is 3.37. The van der Waals surface area contributed by atoms with E-state index in [-0.39, 0.29) is 24.5 Å². The second kappa shape index (κ2) is 8.50. The van der Waals surface area contributed by atoms with Gasteiger partial charge in [-0.25, -0.2) is 9.78 Å². The van der Waals surface area contributed by atoms with Gasteiger partial charge in [0.1, 0.15) is 0 Å². The molecule has 0 amide bonds. The Morgan fingerprint density at radius 1 is 1.20 bits per heavy atom. The second-order valence-corrected chi connectivity index (χ2v) is 7.47. The van der Waals surface area contributed by atoms with Crippen LogP contribution in [-0.4, -0.2) is 48.4 Å². The lowest BCUT2D eigenvalue weighted by molar-refractivity contribution is 0.0697. The number of anilines is 2. The van der Waals surface area contributed by atoms with Crippen LogP contribution in [0.5, 0.6) is 0 Å². The van der Waals surface area contributed by atoms with E-state index in [0.717, 1.165) is 36.2 Å². The van der Waals surface area contributed by atoms with Gasteiger partial charge in [0.15, 0.2) is 17.0 Å². The maximum absolute atomic E-state index is 10.2. The summed E-state index contributed by atoms with van der Waals surface area (Å²) in [4.78, 5) is 23.3. The van der Waals surface area contributed by atoms with Crippen LogP contribution in [0.4, 0.5) is 11.8 Å². The topological polar surface area (TPSA) is 139 Å². The molecule has 2 aromatic heterocycles. The van der Waals surface area contributed by atoms with Gasteiger partial charge in [-0.3, -0.25) is 0 Å². The number of benzene rings is 1. The Bertz CT molecular complexity index is 1060. The molecule has 5 rings (SSSR count). The van der Waals surface area contributed by atoms with Crippen LogP contribution in [0.3, 0.4) is 0 Å². The number of carboxylic acids is 1. The number of imidazole rings is 1. The minimum atomic E-state index is -0.879. The Kier molecular flexibility index (Phi) is 5.62. The lowest BCUT2D eigenvalue weighted by atomic mass is 10.1. The van der Waals surface area contributed by atoms with Gasteiger partial charge < -0.3 is 25.8 Å². The van der Waals surface area contributed by atoms with E-state index in [2.05, 4.69) is 26.3 Å². The number of nitrogens with two attached hydrogens (primary N) is 1. The zero-order valence-corrected chi connectivity index (χ0v) is 16.3. The molecule has 3 aromatic rings. The van der Waals surface area contributed by atoms with Crippen molar-refractivity contribution in [1.82, 2.24) is 19.5 Å². The average Bonchev–Trinajstić information content (AvgIpc) is 3.26. The molecule has 0 spiro atoms. The van der Waals surface area contributed by atoms with E-state index in [1.165, 1.54) is 0 Å². The number of nitrogens with one attached hydrogen (secondary N) is 1. The Morgan fingerprint density at radius 2 is 1.97 bits per heavy atom. The Morgan fingerprint density at radius 3 is 2.57 bits per heavy atom. The predicted octanol–water partition coefficient (Wildman–Crippen LogP) is 2.48. The highest BCUT2D eigenvalue weighted by molar-refractivity contribution is 5.87. The van der Waals surface area contributed by atoms with Gasteiger partial charge in [0.25, 0.3) is 0 Å². The van der Waals surface area contributed by atoms with Crippen LogP contribution in [0, 0.1) is 5.92 Å². The van der Waals surface area contributed by atoms with Crippen molar-refractivity contribution >= 4 is 28.9 Å². The van der Waals surface area contributed by atoms with E-state index in [0.29, 0.717) is 11.6 Å². The Hall–Kier alpha value is -3.46. The minimum Gasteiger partial charge on any atom is -0.478 e. The summed E-state index contributed by atoms with van der Waals surface area (Å²) in [5.74, 6) is 0.304. The number of allylic oxidation sites excluding steroid dienone is 1. The van der Waals surface area contributed by atoms with E-state index in [9.17, 15) is 9.90 Å². The van der Waals surface area contributed by atoms with E-state index in [1.54, 1.807) is 36.7 Å². The van der Waals surface area contributed by atoms with Crippen molar-refractivity contribution in [1.29, 1.82) is 0 Å². The monoisotopic (exact) mass is 408 g/mol. The highest BCUT2D eigenvalue weighted by Crippen LogP contribution is 2.32. The van der Waals surface area contributed by atoms with Gasteiger partial charge >= 0.3 is 5.97 Å². The molecule has 0 unspecified atom stereocenters. The third kappa shape index (κ3) is 4.41. The molecule has 2 aliphatic rings. The van der Waals surface area contributed by atoms with Crippen LogP contribution in [-0.2, 0) is 0 Å². The molecular weight excluding hydrogens is 384 g/mol. The number of hydrogen-bond donors (Lipinski definition) is 4. The number of hydrogen-bond acceptors (Lipinski definition) is 7. The first-order valence-corrected chi connectivity index (χ1v) is 9.89. The van der Waals surface area contributed by atoms with Gasteiger partial charge in [0, 0.05) is 18.6 Å². The number of carbonyl (C=O) groups is 1. The number of carboxylic acid groups (broad SMARTS) is 1. The Labute approximate surface area is 173 Å². The number of fused-ring (bicyclic) bond motifs is 1. The summed E-state index contributed by atoms with van der Waals surface area (Å²) in [7, 11) is 0. The van der Waals surface area contributed by atoms with E-state index in [1.807, 2.05) is 10.6 Å². The normalized spacial score (nSPS) is 20.0. The molecule has 9 nitrogen and oxygen atoms in total. The van der Waals surface area contributed by atoms with Gasteiger partial charge in [0.05, 0.1) is 17.9 Å². The molecule has 30 heavy (non-hydrogen) atoms. The van der Waals surface area contributed by atoms with Crippen molar-refractivity contribution in [3.63, 3.8) is 0 Å². The molecule has 156 valence electrons. The summed E-state index contributed by atoms with van der Waals surface area (Å²) in [5, 5.41) is 21.0. The highest BCUT2D eigenvalue weighted by atomic mass is 16.4. The summed E-state index contributed by atoms with van der Waals surface area (Å²) in [6, 6.07) is 8.94. The van der Waals surface area contributed by atoms with Gasteiger partial charge in [-0.15, -0.1) is 0 Å². The fraction of sp³-hybridized carbons (Fsp3) is 0.333. The second-order valence-electron chi connectivity index (χ2n) is 7.47. The third-order valence-corrected chi connectivity index (χ3v) is 5.12. The fourth-order valence-electron chi connectivity index (χ4n) is 3.37. The molecule has 1 aromatic carbocycles. The first kappa shape index (κ1) is 19.8. The first-order chi connectivity index (χ1) is 14.5. The SMILES string of the molecule is Nc1nc(NC2CC2)c2ncn([C@H]3C=C[C@@H](CO)C3)c2n1.O=C(O)c1ccccc1. The molecule has 0 saturated heterocycles. The first-order valence-electron chi connectivity index (χ1n) is 9.89. The summed E-state index contributed by atoms with van der Waals surface area (Å²) in [6.45, 7) is 0.172. The average molecular weight is 408 g/mol. The predicted molar refractivity (Wildman–Crippen MR) is 113 cm³/mol. The van der Waals surface area contributed by atoms with Crippen LogP contribution in [0.1, 0.15) is 35.7 Å². The molecular formula is C21H24N6O3.